The Bertz CT molecular complexity index is 1180. The van der Waals surface area contributed by atoms with Crippen molar-refractivity contribution in [2.75, 3.05) is 0 Å². The lowest BCUT2D eigenvalue weighted by atomic mass is 10.1. The normalized spacial score (nSPS) is 11.3. The van der Waals surface area contributed by atoms with E-state index in [1.54, 1.807) is 0 Å². The van der Waals surface area contributed by atoms with Gasteiger partial charge in [-0.05, 0) is 30.7 Å². The Balaban J connectivity index is 1.72. The van der Waals surface area contributed by atoms with Crippen LogP contribution in [0.25, 0.3) is 21.8 Å². The first kappa shape index (κ1) is 16.1. The number of fused-ring (bicyclic) bond motifs is 3. The first-order chi connectivity index (χ1) is 13.4. The van der Waals surface area contributed by atoms with Gasteiger partial charge in [-0.3, -0.25) is 9.97 Å². The molecule has 0 N–H and O–H groups in total. The lowest BCUT2D eigenvalue weighted by molar-refractivity contribution is 1.38. The number of nitrogens with zero attached hydrogens (tertiary/aromatic N) is 2. The molecule has 2 aromatic heterocycles. The Kier molecular flexibility index (Phi) is 4.12. The Morgan fingerprint density at radius 3 is 1.85 bits per heavy atom. The summed E-state index contributed by atoms with van der Waals surface area (Å²) in [7, 11) is -0.645. The van der Waals surface area contributed by atoms with Crippen molar-refractivity contribution in [3.05, 3.63) is 103 Å². The smallest absolute Gasteiger partial charge is 0.0965 e. The molecular weight excluding hydrogens is 347 g/mol. The van der Waals surface area contributed by atoms with Gasteiger partial charge in [-0.2, -0.15) is 0 Å². The van der Waals surface area contributed by atoms with E-state index in [1.165, 1.54) is 15.9 Å². The zero-order valence-electron chi connectivity index (χ0n) is 14.7. The highest BCUT2D eigenvalue weighted by Gasteiger charge is 2.17. The van der Waals surface area contributed by atoms with Crippen LogP contribution in [-0.4, -0.2) is 9.97 Å². The van der Waals surface area contributed by atoms with Crippen LogP contribution in [-0.2, 0) is 0 Å². The summed E-state index contributed by atoms with van der Waals surface area (Å²) in [6.07, 6.45) is 3.86. The van der Waals surface area contributed by atoms with Crippen molar-refractivity contribution in [3.63, 3.8) is 0 Å². The van der Waals surface area contributed by atoms with Crippen molar-refractivity contribution >= 4 is 45.6 Å². The Labute approximate surface area is 159 Å². The van der Waals surface area contributed by atoms with Crippen molar-refractivity contribution < 1.29 is 0 Å². The quantitative estimate of drug-likeness (QED) is 0.347. The van der Waals surface area contributed by atoms with E-state index in [2.05, 4.69) is 89.9 Å². The molecule has 2 heterocycles. The topological polar surface area (TPSA) is 25.8 Å². The fraction of sp³-hybridized carbons (Fsp3) is 0. The number of hydrogen-bond donors (Lipinski definition) is 0. The van der Waals surface area contributed by atoms with E-state index in [9.17, 15) is 0 Å². The fourth-order valence-corrected chi connectivity index (χ4v) is 5.72. The minimum Gasteiger partial charge on any atom is -0.254 e. The first-order valence-corrected chi connectivity index (χ1v) is 10.3. The third-order valence-electron chi connectivity index (χ3n) is 4.70. The van der Waals surface area contributed by atoms with Crippen molar-refractivity contribution in [1.82, 2.24) is 9.97 Å². The summed E-state index contributed by atoms with van der Waals surface area (Å²) in [5, 5.41) is 6.18. The van der Waals surface area contributed by atoms with Crippen LogP contribution in [0.2, 0.25) is 0 Å². The largest absolute Gasteiger partial charge is 0.254 e. The monoisotopic (exact) mass is 364 g/mol. The van der Waals surface area contributed by atoms with Gasteiger partial charge in [0.05, 0.1) is 11.0 Å². The molecule has 0 fully saturated rings. The molecule has 0 aliphatic rings. The molecule has 0 unspecified atom stereocenters. The molecule has 128 valence electrons. The van der Waals surface area contributed by atoms with Gasteiger partial charge in [-0.1, -0.05) is 78.9 Å². The maximum Gasteiger partial charge on any atom is 0.0965 e. The predicted octanol–water partition coefficient (Wildman–Crippen LogP) is 4.54. The molecule has 0 amide bonds. The first-order valence-electron chi connectivity index (χ1n) is 8.94. The maximum absolute atomic E-state index is 4.83. The van der Waals surface area contributed by atoms with E-state index in [0.717, 1.165) is 21.8 Å². The average molecular weight is 364 g/mol. The van der Waals surface area contributed by atoms with E-state index in [4.69, 9.17) is 4.98 Å². The highest BCUT2D eigenvalue weighted by atomic mass is 31.1. The van der Waals surface area contributed by atoms with Crippen LogP contribution < -0.4 is 15.9 Å². The zero-order valence-corrected chi connectivity index (χ0v) is 15.6. The maximum atomic E-state index is 4.83. The summed E-state index contributed by atoms with van der Waals surface area (Å²) < 4.78 is 0. The lowest BCUT2D eigenvalue weighted by Crippen LogP contribution is -2.20. The molecular formula is C24H17N2P. The summed E-state index contributed by atoms with van der Waals surface area (Å²) in [6, 6.07) is 32.0. The highest BCUT2D eigenvalue weighted by molar-refractivity contribution is 7.79. The summed E-state index contributed by atoms with van der Waals surface area (Å²) in [4.78, 5) is 9.38. The van der Waals surface area contributed by atoms with Crippen LogP contribution in [0.3, 0.4) is 0 Å². The predicted molar refractivity (Wildman–Crippen MR) is 116 cm³/mol. The summed E-state index contributed by atoms with van der Waals surface area (Å²) in [6.45, 7) is 0. The third-order valence-corrected chi connectivity index (χ3v) is 7.09. The zero-order chi connectivity index (χ0) is 18.1. The van der Waals surface area contributed by atoms with Gasteiger partial charge in [-0.15, -0.1) is 0 Å². The van der Waals surface area contributed by atoms with Crippen LogP contribution in [0.1, 0.15) is 0 Å². The fourth-order valence-electron chi connectivity index (χ4n) is 3.45. The van der Waals surface area contributed by atoms with Crippen molar-refractivity contribution in [2.24, 2.45) is 0 Å². The second-order valence-electron chi connectivity index (χ2n) is 6.41. The molecule has 27 heavy (non-hydrogen) atoms. The molecule has 3 heteroatoms. The second-order valence-corrected chi connectivity index (χ2v) is 8.63. The van der Waals surface area contributed by atoms with Gasteiger partial charge >= 0.3 is 0 Å². The van der Waals surface area contributed by atoms with Gasteiger partial charge in [0.2, 0.25) is 0 Å². The van der Waals surface area contributed by atoms with E-state index in [0.29, 0.717) is 0 Å². The van der Waals surface area contributed by atoms with Gasteiger partial charge in [0.1, 0.15) is 0 Å². The third kappa shape index (κ3) is 2.99. The van der Waals surface area contributed by atoms with Gasteiger partial charge in [0.15, 0.2) is 0 Å². The van der Waals surface area contributed by atoms with Gasteiger partial charge in [-0.25, -0.2) is 0 Å². The Morgan fingerprint density at radius 1 is 0.519 bits per heavy atom. The van der Waals surface area contributed by atoms with E-state index < -0.39 is 7.92 Å². The van der Waals surface area contributed by atoms with Crippen LogP contribution in [0.5, 0.6) is 0 Å². The van der Waals surface area contributed by atoms with Gasteiger partial charge in [0.25, 0.3) is 0 Å². The Hall–Kier alpha value is -3.09. The van der Waals surface area contributed by atoms with Crippen LogP contribution >= 0.6 is 7.92 Å². The Morgan fingerprint density at radius 2 is 1.15 bits per heavy atom. The van der Waals surface area contributed by atoms with E-state index in [-0.39, 0.29) is 0 Å². The highest BCUT2D eigenvalue weighted by Crippen LogP contribution is 2.33. The molecule has 0 aliphatic heterocycles. The minimum atomic E-state index is -0.645. The number of benzene rings is 3. The summed E-state index contributed by atoms with van der Waals surface area (Å²) >= 11 is 0. The molecule has 0 saturated heterocycles. The molecule has 0 aliphatic carbocycles. The number of hydrogen-bond acceptors (Lipinski definition) is 2. The molecule has 5 aromatic rings. The van der Waals surface area contributed by atoms with Crippen LogP contribution in [0.4, 0.5) is 0 Å². The molecule has 5 rings (SSSR count). The second kappa shape index (κ2) is 6.90. The standard InChI is InChI=1S/C24H17N2P/c1-3-9-20(10-4-1)27(21-11-5-2-6-12-21)22-16-19-14-13-18-8-7-15-25-23(18)24(19)26-17-22/h1-17H. The van der Waals surface area contributed by atoms with E-state index in [1.807, 2.05) is 18.5 Å². The molecule has 0 spiro atoms. The van der Waals surface area contributed by atoms with Crippen molar-refractivity contribution in [2.45, 2.75) is 0 Å². The van der Waals surface area contributed by atoms with Crippen LogP contribution in [0.15, 0.2) is 103 Å². The van der Waals surface area contributed by atoms with Crippen molar-refractivity contribution in [1.29, 1.82) is 0 Å². The average Bonchev–Trinajstić information content (AvgIpc) is 2.75. The lowest BCUT2D eigenvalue weighted by Gasteiger charge is -2.19. The van der Waals surface area contributed by atoms with Gasteiger partial charge < -0.3 is 0 Å². The number of aromatic nitrogens is 2. The van der Waals surface area contributed by atoms with Crippen molar-refractivity contribution in [3.8, 4) is 0 Å². The summed E-state index contributed by atoms with van der Waals surface area (Å²) in [5.41, 5.74) is 1.93. The molecule has 0 saturated carbocycles. The van der Waals surface area contributed by atoms with E-state index >= 15 is 0 Å². The molecule has 2 nitrogen and oxygen atoms in total. The summed E-state index contributed by atoms with van der Waals surface area (Å²) in [5.74, 6) is 0. The SMILES string of the molecule is c1ccc(P(c2ccccc2)c2cnc3c(ccc4cccnc43)c2)cc1. The minimum absolute atomic E-state index is 0.645. The van der Waals surface area contributed by atoms with Gasteiger partial charge in [0, 0.05) is 28.5 Å². The van der Waals surface area contributed by atoms with Crippen LogP contribution in [0, 0.1) is 0 Å². The molecule has 3 aromatic carbocycles. The molecule has 0 bridgehead atoms. The number of rotatable bonds is 3. The molecule has 0 radical (unpaired) electrons. The molecule has 0 atom stereocenters. The number of pyridine rings is 2.